The highest BCUT2D eigenvalue weighted by Gasteiger charge is 2.61. The normalized spacial score (nSPS) is 19.2. The molecule has 9 heteroatoms. The predicted octanol–water partition coefficient (Wildman–Crippen LogP) is 6.27. The van der Waals surface area contributed by atoms with Crippen molar-refractivity contribution in [1.82, 2.24) is 5.32 Å². The van der Waals surface area contributed by atoms with Gasteiger partial charge in [0.25, 0.3) is 0 Å². The number of alkyl halides is 3. The molecular formula is C22H20Cl2F3NO2S. The van der Waals surface area contributed by atoms with E-state index in [9.17, 15) is 18.0 Å². The summed E-state index contributed by atoms with van der Waals surface area (Å²) in [6.07, 6.45) is 0.291. The van der Waals surface area contributed by atoms with Crippen LogP contribution in [0.5, 0.6) is 5.75 Å². The quantitative estimate of drug-likeness (QED) is 0.519. The maximum absolute atomic E-state index is 14.2. The molecule has 3 rings (SSSR count). The third-order valence-electron chi connectivity index (χ3n) is 4.84. The van der Waals surface area contributed by atoms with E-state index in [1.54, 1.807) is 24.3 Å². The lowest BCUT2D eigenvalue weighted by Crippen LogP contribution is -2.46. The van der Waals surface area contributed by atoms with Crippen molar-refractivity contribution in [3.05, 3.63) is 69.2 Å². The third kappa shape index (κ3) is 5.33. The summed E-state index contributed by atoms with van der Waals surface area (Å²) < 4.78 is 48.1. The van der Waals surface area contributed by atoms with Gasteiger partial charge in [-0.25, -0.2) is 0 Å². The number of nitrogens with one attached hydrogen (secondary N) is 1. The summed E-state index contributed by atoms with van der Waals surface area (Å²) in [4.78, 5) is 11.7. The number of hydrogen-bond donors (Lipinski definition) is 1. The van der Waals surface area contributed by atoms with E-state index in [0.717, 1.165) is 0 Å². The fraction of sp³-hybridized carbons (Fsp3) is 0.318. The van der Waals surface area contributed by atoms with Crippen molar-refractivity contribution >= 4 is 46.9 Å². The van der Waals surface area contributed by atoms with Crippen molar-refractivity contribution in [2.75, 3.05) is 12.0 Å². The van der Waals surface area contributed by atoms with Gasteiger partial charge in [-0.2, -0.15) is 24.9 Å². The molecule has 0 saturated carbocycles. The van der Waals surface area contributed by atoms with Crippen molar-refractivity contribution in [3.63, 3.8) is 0 Å². The number of hydrogen-bond acceptors (Lipinski definition) is 3. The van der Waals surface area contributed by atoms with Crippen LogP contribution in [0.3, 0.4) is 0 Å². The van der Waals surface area contributed by atoms with E-state index in [0.29, 0.717) is 16.9 Å². The van der Waals surface area contributed by atoms with Crippen molar-refractivity contribution in [2.24, 2.45) is 0 Å². The number of carbonyl (C=O) groups excluding carboxylic acids is 1. The zero-order valence-electron chi connectivity index (χ0n) is 16.7. The first kappa shape index (κ1) is 23.8. The lowest BCUT2D eigenvalue weighted by molar-refractivity contribution is -0.248. The zero-order valence-corrected chi connectivity index (χ0v) is 19.1. The first-order chi connectivity index (χ1) is 14.5. The average Bonchev–Trinajstić information content (AvgIpc) is 3.06. The molecule has 2 atom stereocenters. The number of halogens is 5. The Hall–Kier alpha value is -1.83. The molecule has 2 aromatic rings. The average molecular weight is 490 g/mol. The lowest BCUT2D eigenvalue weighted by Gasteiger charge is -2.31. The molecule has 0 radical (unpaired) electrons. The van der Waals surface area contributed by atoms with Crippen LogP contribution in [0.4, 0.5) is 13.2 Å². The fourth-order valence-corrected chi connectivity index (χ4v) is 4.30. The number of amides is 1. The van der Waals surface area contributed by atoms with E-state index in [-0.39, 0.29) is 33.3 Å². The van der Waals surface area contributed by atoms with Crippen LogP contribution in [0.25, 0.3) is 6.08 Å². The number of thioether (sulfide) groups is 1. The van der Waals surface area contributed by atoms with Crippen LogP contribution in [-0.4, -0.2) is 30.1 Å². The van der Waals surface area contributed by atoms with Gasteiger partial charge in [0.1, 0.15) is 5.75 Å². The summed E-state index contributed by atoms with van der Waals surface area (Å²) in [7, 11) is 0. The molecule has 2 unspecified atom stereocenters. The molecule has 0 spiro atoms. The van der Waals surface area contributed by atoms with E-state index in [1.165, 1.54) is 36.0 Å². The third-order valence-corrected chi connectivity index (χ3v) is 5.82. The van der Waals surface area contributed by atoms with E-state index < -0.39 is 18.2 Å². The van der Waals surface area contributed by atoms with Gasteiger partial charge < -0.3 is 10.1 Å². The van der Waals surface area contributed by atoms with Gasteiger partial charge >= 0.3 is 6.18 Å². The molecule has 1 amide bonds. The van der Waals surface area contributed by atoms with Crippen LogP contribution < -0.4 is 10.1 Å². The van der Waals surface area contributed by atoms with Crippen LogP contribution in [-0.2, 0) is 16.8 Å². The maximum Gasteiger partial charge on any atom is 0.432 e. The van der Waals surface area contributed by atoms with Crippen molar-refractivity contribution in [1.29, 1.82) is 0 Å². The van der Waals surface area contributed by atoms with Gasteiger partial charge in [0.05, 0.1) is 5.75 Å². The Labute approximate surface area is 192 Å². The highest BCUT2D eigenvalue weighted by atomic mass is 35.5. The van der Waals surface area contributed by atoms with Crippen molar-refractivity contribution < 1.29 is 22.7 Å². The van der Waals surface area contributed by atoms with E-state index in [1.807, 2.05) is 13.2 Å². The van der Waals surface area contributed by atoms with Gasteiger partial charge in [-0.05, 0) is 54.6 Å². The molecule has 31 heavy (non-hydrogen) atoms. The Bertz CT molecular complexity index is 992. The number of ether oxygens (including phenoxy) is 1. The highest BCUT2D eigenvalue weighted by Crippen LogP contribution is 2.51. The molecule has 3 nitrogen and oxygen atoms in total. The molecule has 0 aliphatic carbocycles. The number of fused-ring (bicyclic) bond motifs is 1. The molecule has 1 aliphatic heterocycles. The Morgan fingerprint density at radius 1 is 1.26 bits per heavy atom. The molecule has 0 aromatic heterocycles. The lowest BCUT2D eigenvalue weighted by atomic mass is 9.88. The Morgan fingerprint density at radius 3 is 2.55 bits per heavy atom. The van der Waals surface area contributed by atoms with Crippen LogP contribution in [0.1, 0.15) is 23.6 Å². The summed E-state index contributed by atoms with van der Waals surface area (Å²) in [6.45, 7) is 1.82. The van der Waals surface area contributed by atoms with Gasteiger partial charge in [0.2, 0.25) is 11.5 Å². The van der Waals surface area contributed by atoms with Gasteiger partial charge in [-0.1, -0.05) is 41.4 Å². The van der Waals surface area contributed by atoms with Crippen LogP contribution >= 0.6 is 35.0 Å². The first-order valence-electron chi connectivity index (χ1n) is 9.36. The fourth-order valence-electron chi connectivity index (χ4n) is 3.43. The van der Waals surface area contributed by atoms with Gasteiger partial charge in [-0.3, -0.25) is 4.79 Å². The molecule has 166 valence electrons. The van der Waals surface area contributed by atoms with Crippen LogP contribution in [0, 0.1) is 0 Å². The topological polar surface area (TPSA) is 38.3 Å². The second-order valence-electron chi connectivity index (χ2n) is 7.28. The Balaban J connectivity index is 1.87. The minimum atomic E-state index is -4.69. The molecule has 1 aliphatic rings. The molecule has 2 aromatic carbocycles. The van der Waals surface area contributed by atoms with Crippen molar-refractivity contribution in [3.8, 4) is 5.75 Å². The van der Waals surface area contributed by atoms with E-state index in [2.05, 4.69) is 5.32 Å². The summed E-state index contributed by atoms with van der Waals surface area (Å²) in [5.74, 6) is 0.440. The van der Waals surface area contributed by atoms with Gasteiger partial charge in [0, 0.05) is 28.1 Å². The summed E-state index contributed by atoms with van der Waals surface area (Å²) >= 11 is 13.3. The van der Waals surface area contributed by atoms with Crippen LogP contribution in [0.15, 0.2) is 42.5 Å². The number of carbonyl (C=O) groups is 1. The maximum atomic E-state index is 14.2. The molecular weight excluding hydrogens is 470 g/mol. The van der Waals surface area contributed by atoms with E-state index >= 15 is 0 Å². The first-order valence-corrected chi connectivity index (χ1v) is 11.5. The monoisotopic (exact) mass is 489 g/mol. The molecule has 0 bridgehead atoms. The second kappa shape index (κ2) is 9.35. The van der Waals surface area contributed by atoms with Crippen LogP contribution in [0.2, 0.25) is 10.0 Å². The van der Waals surface area contributed by atoms with Gasteiger partial charge in [-0.15, -0.1) is 0 Å². The highest BCUT2D eigenvalue weighted by molar-refractivity contribution is 7.99. The second-order valence-corrected chi connectivity index (χ2v) is 9.02. The van der Waals surface area contributed by atoms with E-state index in [4.69, 9.17) is 27.9 Å². The zero-order chi connectivity index (χ0) is 22.8. The minimum Gasteiger partial charge on any atom is -0.472 e. The van der Waals surface area contributed by atoms with Gasteiger partial charge in [0.15, 0.2) is 0 Å². The molecule has 0 fully saturated rings. The predicted molar refractivity (Wildman–Crippen MR) is 120 cm³/mol. The smallest absolute Gasteiger partial charge is 0.432 e. The number of benzene rings is 2. The Morgan fingerprint density at radius 2 is 1.94 bits per heavy atom. The SMILES string of the molecule is CSCC(=O)NC(C)C=Cc1ccc2c(c1)CC(c1cc(Cl)cc(Cl)c1)(C(F)(F)F)O2. The Kier molecular flexibility index (Phi) is 7.18. The molecule has 0 saturated heterocycles. The molecule has 1 N–H and O–H groups in total. The minimum absolute atomic E-state index is 0.0813. The summed E-state index contributed by atoms with van der Waals surface area (Å²) in [6, 6.07) is 8.46. The molecule has 1 heterocycles. The largest absolute Gasteiger partial charge is 0.472 e. The van der Waals surface area contributed by atoms with Crippen molar-refractivity contribution in [2.45, 2.75) is 31.2 Å². The number of rotatable bonds is 6. The summed E-state index contributed by atoms with van der Waals surface area (Å²) in [5, 5.41) is 3.03. The summed E-state index contributed by atoms with van der Waals surface area (Å²) in [5.41, 5.74) is -1.58. The standard InChI is InChI=1S/C22H20Cl2F3NO2S/c1-13(28-20(29)12-31-2)3-4-14-5-6-19-15(7-14)11-21(30-19,22(25,26)27)16-8-17(23)10-18(24)9-16/h3-10,13H,11-12H2,1-2H3,(H,28,29).